The van der Waals surface area contributed by atoms with Crippen molar-refractivity contribution in [2.75, 3.05) is 38.2 Å². The summed E-state index contributed by atoms with van der Waals surface area (Å²) < 4.78 is 46.3. The Morgan fingerprint density at radius 3 is 2.54 bits per heavy atom. The Kier molecular flexibility index (Phi) is 8.95. The number of sulfonamides is 1. The molecule has 12 heteroatoms. The number of hydrogen-bond acceptors (Lipinski definition) is 7. The lowest BCUT2D eigenvalue weighted by Crippen LogP contribution is -2.40. The van der Waals surface area contributed by atoms with Gasteiger partial charge in [-0.1, -0.05) is 37.2 Å². The van der Waals surface area contributed by atoms with E-state index in [2.05, 4.69) is 10.3 Å². The monoisotopic (exact) mass is 548 g/mol. The fourth-order valence-corrected chi connectivity index (χ4v) is 6.51. The van der Waals surface area contributed by atoms with Crippen molar-refractivity contribution in [3.05, 3.63) is 54.3 Å². The highest BCUT2D eigenvalue weighted by molar-refractivity contribution is 8.15. The van der Waals surface area contributed by atoms with Crippen molar-refractivity contribution in [2.45, 2.75) is 36.3 Å². The highest BCUT2D eigenvalue weighted by atomic mass is 32.2. The summed E-state index contributed by atoms with van der Waals surface area (Å²) in [6.45, 7) is 3.81. The maximum absolute atomic E-state index is 13.9. The number of nitrogens with zero attached hydrogens (tertiary/aromatic N) is 3. The molecule has 0 unspecified atom stereocenters. The molecule has 2 fully saturated rings. The number of para-hydroxylation sites is 1. The molecule has 37 heavy (non-hydrogen) atoms. The van der Waals surface area contributed by atoms with Gasteiger partial charge in [-0.05, 0) is 42.8 Å². The van der Waals surface area contributed by atoms with Gasteiger partial charge >= 0.3 is 0 Å². The first-order valence-electron chi connectivity index (χ1n) is 12.1. The van der Waals surface area contributed by atoms with Gasteiger partial charge in [-0.15, -0.1) is 0 Å². The first-order chi connectivity index (χ1) is 17.8. The van der Waals surface area contributed by atoms with Crippen molar-refractivity contribution < 1.29 is 27.1 Å². The van der Waals surface area contributed by atoms with Crippen LogP contribution in [0.15, 0.2) is 58.4 Å². The number of carbonyl (C=O) groups excluding carboxylic acids is 2. The molecule has 0 aliphatic carbocycles. The summed E-state index contributed by atoms with van der Waals surface area (Å²) in [5.41, 5.74) is 0.556. The van der Waals surface area contributed by atoms with Gasteiger partial charge < -0.3 is 10.1 Å². The number of unbranched alkanes of at least 4 members (excludes halogenated alkanes) is 1. The highest BCUT2D eigenvalue weighted by Crippen LogP contribution is 2.32. The lowest BCUT2D eigenvalue weighted by atomic mass is 10.2. The van der Waals surface area contributed by atoms with Crippen molar-refractivity contribution in [3.8, 4) is 0 Å². The number of amidine groups is 1. The first-order valence-corrected chi connectivity index (χ1v) is 14.4. The zero-order valence-electron chi connectivity index (χ0n) is 20.4. The molecule has 0 aromatic heterocycles. The van der Waals surface area contributed by atoms with Crippen LogP contribution in [0.4, 0.5) is 15.8 Å². The van der Waals surface area contributed by atoms with E-state index in [4.69, 9.17) is 4.74 Å². The van der Waals surface area contributed by atoms with Gasteiger partial charge in [-0.3, -0.25) is 14.5 Å². The minimum Gasteiger partial charge on any atom is -0.379 e. The molecular weight excluding hydrogens is 519 g/mol. The summed E-state index contributed by atoms with van der Waals surface area (Å²) in [5.74, 6) is -1.25. The molecule has 2 amide bonds. The average molecular weight is 549 g/mol. The van der Waals surface area contributed by atoms with Crippen LogP contribution in [0.1, 0.15) is 26.2 Å². The number of ether oxygens (including phenoxy) is 1. The van der Waals surface area contributed by atoms with E-state index < -0.39 is 27.0 Å². The fraction of sp³-hybridized carbons (Fsp3) is 0.400. The summed E-state index contributed by atoms with van der Waals surface area (Å²) in [4.78, 5) is 32.0. The molecule has 0 bridgehead atoms. The minimum atomic E-state index is -3.62. The molecule has 1 N–H and O–H groups in total. The Labute approximate surface area is 220 Å². The molecule has 1 atom stereocenters. The van der Waals surface area contributed by atoms with Crippen LogP contribution in [0.25, 0.3) is 0 Å². The van der Waals surface area contributed by atoms with Crippen LogP contribution in [0, 0.1) is 5.82 Å². The molecule has 0 radical (unpaired) electrons. The summed E-state index contributed by atoms with van der Waals surface area (Å²) in [7, 11) is -3.62. The smallest absolute Gasteiger partial charge is 0.243 e. The van der Waals surface area contributed by atoms with Gasteiger partial charge in [0.1, 0.15) is 11.1 Å². The van der Waals surface area contributed by atoms with Gasteiger partial charge in [-0.25, -0.2) is 17.8 Å². The molecule has 0 spiro atoms. The molecule has 2 aliphatic rings. The number of rotatable bonds is 9. The molecular formula is C25H29FN4O5S2. The van der Waals surface area contributed by atoms with Crippen LogP contribution in [0.3, 0.4) is 0 Å². The number of morpholine rings is 1. The summed E-state index contributed by atoms with van der Waals surface area (Å²) >= 11 is 1.18. The van der Waals surface area contributed by atoms with Crippen LogP contribution >= 0.6 is 11.8 Å². The van der Waals surface area contributed by atoms with Crippen molar-refractivity contribution >= 4 is 50.1 Å². The van der Waals surface area contributed by atoms with Crippen molar-refractivity contribution in [2.24, 2.45) is 4.99 Å². The average Bonchev–Trinajstić information content (AvgIpc) is 3.18. The second kappa shape index (κ2) is 12.2. The second-order valence-electron chi connectivity index (χ2n) is 8.59. The Hall–Kier alpha value is -2.80. The second-order valence-corrected chi connectivity index (χ2v) is 11.7. The van der Waals surface area contributed by atoms with E-state index in [1.807, 2.05) is 6.92 Å². The molecule has 198 valence electrons. The third-order valence-corrected chi connectivity index (χ3v) is 9.03. The van der Waals surface area contributed by atoms with Crippen molar-refractivity contribution in [1.29, 1.82) is 0 Å². The number of benzene rings is 2. The van der Waals surface area contributed by atoms with Gasteiger partial charge in [0, 0.05) is 26.1 Å². The standard InChI is InChI=1S/C25H29FN4O5S2/c1-2-3-12-30-24(32)22(17-23(31)28-21-7-5-4-6-20(21)26)36-25(30)27-18-8-10-19(11-9-18)37(33,34)29-13-15-35-16-14-29/h4-11,22H,2-3,12-17H2,1H3,(H,28,31)/t22-/m1/s1. The number of amides is 2. The SMILES string of the molecule is CCCCN1C(=O)[C@@H](CC(=O)Nc2ccccc2F)SC1=Nc1ccc(S(=O)(=O)N2CCOCC2)cc1. The van der Waals surface area contributed by atoms with E-state index in [-0.39, 0.29) is 22.9 Å². The van der Waals surface area contributed by atoms with Gasteiger partial charge in [0.05, 0.1) is 29.5 Å². The number of thioether (sulfide) groups is 1. The van der Waals surface area contributed by atoms with Gasteiger partial charge in [-0.2, -0.15) is 4.31 Å². The third-order valence-electron chi connectivity index (χ3n) is 5.94. The normalized spacial score (nSPS) is 19.9. The number of halogens is 1. The van der Waals surface area contributed by atoms with E-state index >= 15 is 0 Å². The molecule has 9 nitrogen and oxygen atoms in total. The zero-order chi connectivity index (χ0) is 26.4. The largest absolute Gasteiger partial charge is 0.379 e. The molecule has 2 saturated heterocycles. The van der Waals surface area contributed by atoms with E-state index in [1.165, 1.54) is 46.4 Å². The lowest BCUT2D eigenvalue weighted by Gasteiger charge is -2.26. The van der Waals surface area contributed by atoms with Crippen LogP contribution in [0.2, 0.25) is 0 Å². The highest BCUT2D eigenvalue weighted by Gasteiger charge is 2.39. The van der Waals surface area contributed by atoms with Gasteiger partial charge in [0.2, 0.25) is 21.8 Å². The Balaban J connectivity index is 1.49. The number of aliphatic imine (C=N–C) groups is 1. The number of carbonyl (C=O) groups is 2. The number of hydrogen-bond donors (Lipinski definition) is 1. The lowest BCUT2D eigenvalue weighted by molar-refractivity contribution is -0.128. The van der Waals surface area contributed by atoms with Crippen LogP contribution in [-0.4, -0.2) is 72.7 Å². The number of anilines is 1. The van der Waals surface area contributed by atoms with E-state index in [0.29, 0.717) is 43.7 Å². The summed E-state index contributed by atoms with van der Waals surface area (Å²) in [5, 5.41) is 2.28. The molecule has 2 aromatic carbocycles. The zero-order valence-corrected chi connectivity index (χ0v) is 22.1. The van der Waals surface area contributed by atoms with Gasteiger partial charge in [0.25, 0.3) is 0 Å². The van der Waals surface area contributed by atoms with E-state index in [1.54, 1.807) is 23.1 Å². The van der Waals surface area contributed by atoms with Gasteiger partial charge in [0.15, 0.2) is 5.17 Å². The van der Waals surface area contributed by atoms with Crippen LogP contribution in [-0.2, 0) is 24.3 Å². The predicted molar refractivity (Wildman–Crippen MR) is 141 cm³/mol. The summed E-state index contributed by atoms with van der Waals surface area (Å²) in [6, 6.07) is 12.1. The van der Waals surface area contributed by atoms with Crippen molar-refractivity contribution in [1.82, 2.24) is 9.21 Å². The molecule has 0 saturated carbocycles. The molecule has 2 heterocycles. The van der Waals surface area contributed by atoms with Crippen LogP contribution in [0.5, 0.6) is 0 Å². The molecule has 2 aromatic rings. The predicted octanol–water partition coefficient (Wildman–Crippen LogP) is 3.61. The maximum atomic E-state index is 13.9. The minimum absolute atomic E-state index is 0.0618. The Bertz CT molecular complexity index is 1260. The van der Waals surface area contributed by atoms with E-state index in [9.17, 15) is 22.4 Å². The topological polar surface area (TPSA) is 108 Å². The third kappa shape index (κ3) is 6.56. The van der Waals surface area contributed by atoms with E-state index in [0.717, 1.165) is 12.8 Å². The fourth-order valence-electron chi connectivity index (χ4n) is 3.92. The molecule has 4 rings (SSSR count). The van der Waals surface area contributed by atoms with Crippen LogP contribution < -0.4 is 5.32 Å². The van der Waals surface area contributed by atoms with Crippen molar-refractivity contribution in [3.63, 3.8) is 0 Å². The Morgan fingerprint density at radius 2 is 1.86 bits per heavy atom. The summed E-state index contributed by atoms with van der Waals surface area (Å²) in [6.07, 6.45) is 1.50. The maximum Gasteiger partial charge on any atom is 0.243 e. The molecule has 2 aliphatic heterocycles. The Morgan fingerprint density at radius 1 is 1.16 bits per heavy atom. The number of nitrogens with one attached hydrogen (secondary N) is 1. The first kappa shape index (κ1) is 27.2. The quantitative estimate of drug-likeness (QED) is 0.513.